The van der Waals surface area contributed by atoms with Gasteiger partial charge in [0.2, 0.25) is 6.41 Å². The van der Waals surface area contributed by atoms with Crippen LogP contribution in [0.2, 0.25) is 5.02 Å². The number of benzene rings is 2. The number of carbonyl (C=O) groups is 1. The second-order valence-electron chi connectivity index (χ2n) is 6.10. The van der Waals surface area contributed by atoms with E-state index < -0.39 is 0 Å². The molecule has 0 bridgehead atoms. The van der Waals surface area contributed by atoms with Crippen molar-refractivity contribution in [2.45, 2.75) is 32.4 Å². The number of rotatable bonds is 9. The van der Waals surface area contributed by atoms with Crippen LogP contribution in [0.1, 0.15) is 31.6 Å². The molecule has 2 aromatic carbocycles. The molecule has 6 heteroatoms. The number of hydrogen-bond donors (Lipinski definition) is 1. The van der Waals surface area contributed by atoms with Gasteiger partial charge in [0, 0.05) is 6.54 Å². The Hall–Kier alpha value is -2.53. The fourth-order valence-corrected chi connectivity index (χ4v) is 3.14. The number of halogens is 1. The molecule has 1 amide bonds. The Bertz CT molecular complexity index is 878. The zero-order valence-corrected chi connectivity index (χ0v) is 15.4. The summed E-state index contributed by atoms with van der Waals surface area (Å²) < 4.78 is 7.92. The third-order valence-electron chi connectivity index (χ3n) is 4.26. The van der Waals surface area contributed by atoms with E-state index in [1.807, 2.05) is 49.4 Å². The van der Waals surface area contributed by atoms with Crippen LogP contribution in [0.15, 0.2) is 48.5 Å². The van der Waals surface area contributed by atoms with E-state index in [2.05, 4.69) is 20.9 Å². The van der Waals surface area contributed by atoms with Crippen LogP contribution in [-0.2, 0) is 11.3 Å². The number of imidazole rings is 1. The number of hydrogen-bond acceptors (Lipinski definition) is 3. The van der Waals surface area contributed by atoms with Gasteiger partial charge in [0.05, 0.1) is 28.7 Å². The molecule has 136 valence electrons. The fraction of sp³-hybridized carbons (Fsp3) is 0.300. The first kappa shape index (κ1) is 18.3. The van der Waals surface area contributed by atoms with Crippen LogP contribution in [0.4, 0.5) is 0 Å². The van der Waals surface area contributed by atoms with E-state index in [-0.39, 0.29) is 6.04 Å². The van der Waals surface area contributed by atoms with Gasteiger partial charge in [-0.2, -0.15) is 0 Å². The Morgan fingerprint density at radius 3 is 2.77 bits per heavy atom. The van der Waals surface area contributed by atoms with E-state index in [1.54, 1.807) is 0 Å². The quantitative estimate of drug-likeness (QED) is 0.449. The minimum absolute atomic E-state index is 0.140. The molecule has 1 heterocycles. The maximum atomic E-state index is 10.8. The molecule has 26 heavy (non-hydrogen) atoms. The van der Waals surface area contributed by atoms with Crippen LogP contribution in [-0.4, -0.2) is 22.6 Å². The number of nitrogens with one attached hydrogen (secondary N) is 1. The largest absolute Gasteiger partial charge is 0.492 e. The predicted molar refractivity (Wildman–Crippen MR) is 104 cm³/mol. The predicted octanol–water partition coefficient (Wildman–Crippen LogP) is 4.36. The van der Waals surface area contributed by atoms with Gasteiger partial charge in [0.15, 0.2) is 0 Å². The lowest BCUT2D eigenvalue weighted by molar-refractivity contribution is -0.110. The number of para-hydroxylation sites is 3. The number of nitrogens with zero attached hydrogens (tertiary/aromatic N) is 2. The van der Waals surface area contributed by atoms with E-state index in [4.69, 9.17) is 16.3 Å². The number of amides is 1. The van der Waals surface area contributed by atoms with Crippen molar-refractivity contribution in [3.63, 3.8) is 0 Å². The molecule has 0 aliphatic heterocycles. The highest BCUT2D eigenvalue weighted by atomic mass is 35.5. The van der Waals surface area contributed by atoms with Gasteiger partial charge < -0.3 is 14.6 Å². The number of aromatic nitrogens is 2. The lowest BCUT2D eigenvalue weighted by Gasteiger charge is -2.14. The van der Waals surface area contributed by atoms with Gasteiger partial charge in [-0.25, -0.2) is 4.98 Å². The molecule has 0 saturated heterocycles. The van der Waals surface area contributed by atoms with Gasteiger partial charge in [0.25, 0.3) is 0 Å². The van der Waals surface area contributed by atoms with Crippen molar-refractivity contribution in [2.75, 3.05) is 6.61 Å². The number of carbonyl (C=O) groups excluding carboxylic acids is 1. The average molecular weight is 372 g/mol. The maximum Gasteiger partial charge on any atom is 0.207 e. The van der Waals surface area contributed by atoms with E-state index in [1.165, 1.54) is 0 Å². The van der Waals surface area contributed by atoms with Gasteiger partial charge in [-0.15, -0.1) is 0 Å². The van der Waals surface area contributed by atoms with E-state index >= 15 is 0 Å². The van der Waals surface area contributed by atoms with Gasteiger partial charge in [-0.1, -0.05) is 35.9 Å². The van der Waals surface area contributed by atoms with Crippen LogP contribution < -0.4 is 10.1 Å². The van der Waals surface area contributed by atoms with Gasteiger partial charge in [0.1, 0.15) is 11.6 Å². The summed E-state index contributed by atoms with van der Waals surface area (Å²) in [5.74, 6) is 1.58. The topological polar surface area (TPSA) is 56.2 Å². The standard InChI is InChI=1S/C20H22ClN3O2/c1-15(22-14-25)20-23-17-9-3-4-10-18(17)24(20)12-6-7-13-26-19-11-5-2-8-16(19)21/h2-5,8-11,14-15H,6-7,12-13H2,1H3,(H,22,25). The molecule has 0 fully saturated rings. The van der Waals surface area contributed by atoms with Gasteiger partial charge >= 0.3 is 0 Å². The first-order valence-corrected chi connectivity index (χ1v) is 9.10. The van der Waals surface area contributed by atoms with E-state index in [0.717, 1.165) is 36.2 Å². The smallest absolute Gasteiger partial charge is 0.207 e. The number of aryl methyl sites for hydroxylation is 1. The molecule has 0 aliphatic carbocycles. The van der Waals surface area contributed by atoms with Crippen LogP contribution in [0.5, 0.6) is 5.75 Å². The fourth-order valence-electron chi connectivity index (χ4n) is 2.95. The molecule has 3 aromatic rings. The first-order valence-electron chi connectivity index (χ1n) is 8.73. The van der Waals surface area contributed by atoms with Crippen molar-refractivity contribution in [2.24, 2.45) is 0 Å². The van der Waals surface area contributed by atoms with Gasteiger partial charge in [-0.3, -0.25) is 4.79 Å². The lowest BCUT2D eigenvalue weighted by Crippen LogP contribution is -2.20. The third kappa shape index (κ3) is 4.17. The van der Waals surface area contributed by atoms with Crippen molar-refractivity contribution in [1.29, 1.82) is 0 Å². The highest BCUT2D eigenvalue weighted by Gasteiger charge is 2.15. The molecule has 1 N–H and O–H groups in total. The monoisotopic (exact) mass is 371 g/mol. The Morgan fingerprint density at radius 1 is 1.19 bits per heavy atom. The molecular formula is C20H22ClN3O2. The molecular weight excluding hydrogens is 350 g/mol. The first-order chi connectivity index (χ1) is 12.7. The van der Waals surface area contributed by atoms with Crippen LogP contribution in [0.3, 0.4) is 0 Å². The molecule has 1 atom stereocenters. The maximum absolute atomic E-state index is 10.8. The number of unbranched alkanes of at least 4 members (excludes halogenated alkanes) is 1. The molecule has 0 aliphatic rings. The molecule has 1 unspecified atom stereocenters. The zero-order valence-electron chi connectivity index (χ0n) is 14.7. The van der Waals surface area contributed by atoms with Crippen LogP contribution in [0.25, 0.3) is 11.0 Å². The minimum atomic E-state index is -0.140. The SMILES string of the molecule is CC(NC=O)c1nc2ccccc2n1CCCCOc1ccccc1Cl. The van der Waals surface area contributed by atoms with Crippen molar-refractivity contribution >= 4 is 29.0 Å². The zero-order chi connectivity index (χ0) is 18.4. The minimum Gasteiger partial charge on any atom is -0.492 e. The third-order valence-corrected chi connectivity index (χ3v) is 4.57. The summed E-state index contributed by atoms with van der Waals surface area (Å²) in [7, 11) is 0. The molecule has 0 saturated carbocycles. The molecule has 1 aromatic heterocycles. The Balaban J connectivity index is 1.63. The Morgan fingerprint density at radius 2 is 1.96 bits per heavy atom. The second kappa shape index (κ2) is 8.72. The van der Waals surface area contributed by atoms with E-state index in [0.29, 0.717) is 23.8 Å². The van der Waals surface area contributed by atoms with Crippen molar-refractivity contribution < 1.29 is 9.53 Å². The summed E-state index contributed by atoms with van der Waals surface area (Å²) in [4.78, 5) is 15.5. The summed E-state index contributed by atoms with van der Waals surface area (Å²) in [5, 5.41) is 3.42. The summed E-state index contributed by atoms with van der Waals surface area (Å²) in [6.45, 7) is 3.35. The summed E-state index contributed by atoms with van der Waals surface area (Å²) >= 11 is 6.10. The van der Waals surface area contributed by atoms with Crippen molar-refractivity contribution in [3.05, 3.63) is 59.4 Å². The van der Waals surface area contributed by atoms with E-state index in [9.17, 15) is 4.79 Å². The molecule has 0 radical (unpaired) electrons. The normalized spacial score (nSPS) is 12.1. The summed E-state index contributed by atoms with van der Waals surface area (Å²) in [6, 6.07) is 15.4. The Labute approximate surface area is 157 Å². The van der Waals surface area contributed by atoms with Crippen LogP contribution >= 0.6 is 11.6 Å². The van der Waals surface area contributed by atoms with Gasteiger partial charge in [-0.05, 0) is 44.0 Å². The highest BCUT2D eigenvalue weighted by Crippen LogP contribution is 2.24. The second-order valence-corrected chi connectivity index (χ2v) is 6.51. The number of ether oxygens (including phenoxy) is 1. The summed E-state index contributed by atoms with van der Waals surface area (Å²) in [6.07, 6.45) is 2.55. The number of fused-ring (bicyclic) bond motifs is 1. The Kier molecular flexibility index (Phi) is 6.12. The highest BCUT2D eigenvalue weighted by molar-refractivity contribution is 6.32. The average Bonchev–Trinajstić information content (AvgIpc) is 3.02. The lowest BCUT2D eigenvalue weighted by atomic mass is 10.2. The molecule has 5 nitrogen and oxygen atoms in total. The van der Waals surface area contributed by atoms with Crippen molar-refractivity contribution in [3.8, 4) is 5.75 Å². The summed E-state index contributed by atoms with van der Waals surface area (Å²) in [5.41, 5.74) is 2.02. The van der Waals surface area contributed by atoms with Crippen LogP contribution in [0, 0.1) is 0 Å². The molecule has 0 spiro atoms. The molecule has 3 rings (SSSR count). The van der Waals surface area contributed by atoms with Crippen molar-refractivity contribution in [1.82, 2.24) is 14.9 Å².